The summed E-state index contributed by atoms with van der Waals surface area (Å²) in [5.74, 6) is 3.18. The van der Waals surface area contributed by atoms with Gasteiger partial charge in [0.1, 0.15) is 6.04 Å². The summed E-state index contributed by atoms with van der Waals surface area (Å²) >= 11 is 2.32. The van der Waals surface area contributed by atoms with Gasteiger partial charge in [-0.15, -0.1) is 6.42 Å². The molecule has 1 aromatic carbocycles. The Morgan fingerprint density at radius 1 is 1.37 bits per heavy atom. The molecule has 1 atom stereocenters. The van der Waals surface area contributed by atoms with Gasteiger partial charge in [0.25, 0.3) is 0 Å². The van der Waals surface area contributed by atoms with Crippen molar-refractivity contribution in [1.82, 2.24) is 10.2 Å². The number of hydrogen-bond acceptors (Lipinski definition) is 2. The van der Waals surface area contributed by atoms with Crippen molar-refractivity contribution < 1.29 is 4.79 Å². The minimum absolute atomic E-state index is 0.0951. The Hall–Kier alpha value is -1.48. The van der Waals surface area contributed by atoms with Crippen molar-refractivity contribution in [2.45, 2.75) is 57.9 Å². The van der Waals surface area contributed by atoms with Crippen LogP contribution in [0.3, 0.4) is 0 Å². The monoisotopic (exact) mass is 478 g/mol. The average Bonchev–Trinajstić information content (AvgIpc) is 2.68. The highest BCUT2D eigenvalue weighted by molar-refractivity contribution is 14.1. The van der Waals surface area contributed by atoms with Crippen molar-refractivity contribution >= 4 is 34.2 Å². The predicted molar refractivity (Wildman–Crippen MR) is 122 cm³/mol. The second kappa shape index (κ2) is 11.4. The van der Waals surface area contributed by atoms with E-state index >= 15 is 0 Å². The zero-order valence-electron chi connectivity index (χ0n) is 16.3. The van der Waals surface area contributed by atoms with Crippen LogP contribution in [0.5, 0.6) is 0 Å². The van der Waals surface area contributed by atoms with Gasteiger partial charge in [-0.3, -0.25) is 4.79 Å². The summed E-state index contributed by atoms with van der Waals surface area (Å²) in [7, 11) is 0. The summed E-state index contributed by atoms with van der Waals surface area (Å²) in [5, 5.41) is 3.15. The van der Waals surface area contributed by atoms with E-state index < -0.39 is 0 Å². The maximum absolute atomic E-state index is 13.2. The lowest BCUT2D eigenvalue weighted by molar-refractivity contribution is -0.127. The normalized spacial score (nSPS) is 15.6. The van der Waals surface area contributed by atoms with E-state index in [9.17, 15) is 4.79 Å². The van der Waals surface area contributed by atoms with Crippen LogP contribution in [0, 0.1) is 21.8 Å². The molecule has 0 spiro atoms. The van der Waals surface area contributed by atoms with Crippen LogP contribution in [0.2, 0.25) is 0 Å². The summed E-state index contributed by atoms with van der Waals surface area (Å²) < 4.78 is 1.12. The lowest BCUT2D eigenvalue weighted by Gasteiger charge is -2.39. The second-order valence-electron chi connectivity index (χ2n) is 7.25. The first kappa shape index (κ1) is 21.8. The van der Waals surface area contributed by atoms with Crippen molar-refractivity contribution in [1.29, 1.82) is 0 Å². The molecule has 0 bridgehead atoms. The van der Waals surface area contributed by atoms with Gasteiger partial charge in [0.2, 0.25) is 5.91 Å². The molecule has 0 aliphatic heterocycles. The summed E-state index contributed by atoms with van der Waals surface area (Å²) in [4.78, 5) is 15.3. The van der Waals surface area contributed by atoms with Crippen LogP contribution in [0.15, 0.2) is 30.8 Å². The van der Waals surface area contributed by atoms with Crippen LogP contribution in [-0.4, -0.2) is 29.9 Å². The number of carbonyl (C=O) groups excluding carboxylic acids is 1. The minimum Gasteiger partial charge on any atom is -0.354 e. The van der Waals surface area contributed by atoms with E-state index in [1.807, 2.05) is 12.1 Å². The van der Waals surface area contributed by atoms with Gasteiger partial charge >= 0.3 is 0 Å². The van der Waals surface area contributed by atoms with Gasteiger partial charge in [0, 0.05) is 21.4 Å². The van der Waals surface area contributed by atoms with Crippen LogP contribution in [0.25, 0.3) is 5.70 Å². The largest absolute Gasteiger partial charge is 0.354 e. The molecule has 27 heavy (non-hydrogen) atoms. The molecule has 1 fully saturated rings. The fourth-order valence-corrected chi connectivity index (χ4v) is 4.56. The summed E-state index contributed by atoms with van der Waals surface area (Å²) in [6.45, 7) is 7.59. The lowest BCUT2D eigenvalue weighted by atomic mass is 9.82. The molecule has 0 heterocycles. The molecular formula is C23H31IN2O. The molecule has 1 amide bonds. The Morgan fingerprint density at radius 2 is 2.07 bits per heavy atom. The Bertz CT molecular complexity index is 673. The van der Waals surface area contributed by atoms with Crippen LogP contribution >= 0.6 is 22.6 Å². The summed E-state index contributed by atoms with van der Waals surface area (Å²) in [6.07, 6.45) is 13.5. The Balaban J connectivity index is 2.32. The molecule has 146 valence electrons. The van der Waals surface area contributed by atoms with Gasteiger partial charge in [-0.1, -0.05) is 63.3 Å². The Kier molecular flexibility index (Phi) is 9.20. The van der Waals surface area contributed by atoms with E-state index in [1.165, 1.54) is 19.3 Å². The molecule has 2 rings (SSSR count). The van der Waals surface area contributed by atoms with Gasteiger partial charge in [0.05, 0.1) is 6.54 Å². The molecule has 1 unspecified atom stereocenters. The number of hydrogen-bond donors (Lipinski definition) is 1. The molecule has 3 nitrogen and oxygen atoms in total. The number of carbonyl (C=O) groups is 1. The van der Waals surface area contributed by atoms with Crippen LogP contribution in [0.4, 0.5) is 0 Å². The van der Waals surface area contributed by atoms with E-state index in [1.54, 1.807) is 0 Å². The van der Waals surface area contributed by atoms with Crippen molar-refractivity contribution in [3.63, 3.8) is 0 Å². The number of benzene rings is 1. The first-order valence-electron chi connectivity index (χ1n) is 10.0. The third-order valence-corrected chi connectivity index (χ3v) is 6.26. The second-order valence-corrected chi connectivity index (χ2v) is 8.41. The maximum Gasteiger partial charge on any atom is 0.243 e. The summed E-state index contributed by atoms with van der Waals surface area (Å²) in [6, 6.07) is 7.89. The Labute approximate surface area is 178 Å². The molecule has 0 radical (unpaired) electrons. The van der Waals surface area contributed by atoms with Crippen molar-refractivity contribution in [2.75, 3.05) is 13.1 Å². The zero-order valence-corrected chi connectivity index (χ0v) is 18.5. The molecular weight excluding hydrogens is 447 g/mol. The number of unbranched alkanes of at least 4 members (excludes halogenated alkanes) is 1. The fourth-order valence-electron chi connectivity index (χ4n) is 3.86. The van der Waals surface area contributed by atoms with Crippen molar-refractivity contribution in [3.05, 3.63) is 40.0 Å². The average molecular weight is 478 g/mol. The van der Waals surface area contributed by atoms with E-state index in [0.717, 1.165) is 47.1 Å². The molecule has 1 saturated carbocycles. The quantitative estimate of drug-likeness (QED) is 0.306. The van der Waals surface area contributed by atoms with Crippen LogP contribution in [-0.2, 0) is 4.79 Å². The van der Waals surface area contributed by atoms with Crippen molar-refractivity contribution in [2.24, 2.45) is 5.92 Å². The standard InChI is InChI=1S/C23H31IN2O/c1-4-6-16-25-23(27)22(19-12-8-7-9-13-19)26(17-5-2)18(3)20-14-10-11-15-21(20)24/h2,10-11,14-15,19,22H,3-4,6-9,12-13,16-17H2,1H3,(H,25,27). The first-order chi connectivity index (χ1) is 13.1. The van der Waals surface area contributed by atoms with Gasteiger partial charge < -0.3 is 10.2 Å². The molecule has 1 N–H and O–H groups in total. The number of nitrogens with one attached hydrogen (secondary N) is 1. The number of rotatable bonds is 9. The van der Waals surface area contributed by atoms with Gasteiger partial charge in [-0.25, -0.2) is 0 Å². The number of nitrogens with zero attached hydrogens (tertiary/aromatic N) is 1. The van der Waals surface area contributed by atoms with Crippen LogP contribution < -0.4 is 5.32 Å². The van der Waals surface area contributed by atoms with Gasteiger partial charge in [-0.2, -0.15) is 0 Å². The SMILES string of the molecule is C#CCN(C(=C)c1ccccc1I)C(C(=O)NCCCC)C1CCCCC1. The Morgan fingerprint density at radius 3 is 2.70 bits per heavy atom. The molecule has 0 aromatic heterocycles. The first-order valence-corrected chi connectivity index (χ1v) is 11.1. The molecule has 1 aliphatic rings. The highest BCUT2D eigenvalue weighted by atomic mass is 127. The lowest BCUT2D eigenvalue weighted by Crippen LogP contribution is -2.51. The fraction of sp³-hybridized carbons (Fsp3) is 0.522. The van der Waals surface area contributed by atoms with Crippen LogP contribution in [0.1, 0.15) is 57.4 Å². The topological polar surface area (TPSA) is 32.3 Å². The smallest absolute Gasteiger partial charge is 0.243 e. The molecule has 4 heteroatoms. The van der Waals surface area contributed by atoms with E-state index in [4.69, 9.17) is 6.42 Å². The summed E-state index contributed by atoms with van der Waals surface area (Å²) in [5.41, 5.74) is 1.90. The molecule has 0 saturated heterocycles. The molecule has 1 aromatic rings. The zero-order chi connectivity index (χ0) is 19.6. The number of halogens is 1. The van der Waals surface area contributed by atoms with Gasteiger partial charge in [0.15, 0.2) is 0 Å². The molecule has 1 aliphatic carbocycles. The maximum atomic E-state index is 13.2. The minimum atomic E-state index is -0.248. The van der Waals surface area contributed by atoms with E-state index in [2.05, 4.69) is 64.4 Å². The third-order valence-electron chi connectivity index (χ3n) is 5.32. The van der Waals surface area contributed by atoms with E-state index in [0.29, 0.717) is 12.5 Å². The number of amides is 1. The van der Waals surface area contributed by atoms with E-state index in [-0.39, 0.29) is 11.9 Å². The highest BCUT2D eigenvalue weighted by Crippen LogP contribution is 2.33. The van der Waals surface area contributed by atoms with Gasteiger partial charge in [-0.05, 0) is 53.8 Å². The number of terminal acetylenes is 1. The third kappa shape index (κ3) is 6.00. The van der Waals surface area contributed by atoms with Crippen molar-refractivity contribution in [3.8, 4) is 12.3 Å². The predicted octanol–water partition coefficient (Wildman–Crippen LogP) is 5.06. The highest BCUT2D eigenvalue weighted by Gasteiger charge is 2.35.